The Labute approximate surface area is 251 Å². The monoisotopic (exact) mass is 828 g/mol. The van der Waals surface area contributed by atoms with E-state index >= 15 is 0 Å². The molecule has 33 heteroatoms. The highest BCUT2D eigenvalue weighted by molar-refractivity contribution is 5.77. The van der Waals surface area contributed by atoms with Crippen LogP contribution in [0.4, 0.5) is 132 Å². The van der Waals surface area contributed by atoms with Crippen molar-refractivity contribution in [2.45, 2.75) is 83.4 Å². The van der Waals surface area contributed by atoms with Gasteiger partial charge in [-0.1, -0.05) is 0 Å². The van der Waals surface area contributed by atoms with Crippen molar-refractivity contribution in [1.29, 1.82) is 0 Å². The largest absolute Gasteiger partial charge is 0.477 e. The van der Waals surface area contributed by atoms with Gasteiger partial charge in [0.25, 0.3) is 0 Å². The van der Waals surface area contributed by atoms with E-state index in [0.29, 0.717) is 0 Å². The maximum atomic E-state index is 13.0. The topological polar surface area (TPSA) is 46.5 Å². The normalized spacial score (nSPS) is 16.2. The van der Waals surface area contributed by atoms with Crippen molar-refractivity contribution < 1.29 is 146 Å². The van der Waals surface area contributed by atoms with Crippen molar-refractivity contribution in [3.05, 3.63) is 0 Å². The number of alkyl halides is 30. The molecule has 0 unspecified atom stereocenters. The van der Waals surface area contributed by atoms with Gasteiger partial charge in [-0.3, -0.25) is 0 Å². The van der Waals surface area contributed by atoms with Crippen molar-refractivity contribution in [3.63, 3.8) is 0 Å². The van der Waals surface area contributed by atoms with Gasteiger partial charge < -0.3 is 9.84 Å². The Morgan fingerprint density at radius 2 is 0.580 bits per heavy atom. The molecule has 0 bridgehead atoms. The van der Waals surface area contributed by atoms with E-state index in [-0.39, 0.29) is 7.11 Å². The van der Waals surface area contributed by atoms with Gasteiger partial charge in [0.15, 0.2) is 0 Å². The van der Waals surface area contributed by atoms with Gasteiger partial charge in [-0.25, -0.2) is 4.79 Å². The van der Waals surface area contributed by atoms with E-state index in [1.807, 2.05) is 0 Å². The molecular formula is C17H6F30O3. The van der Waals surface area contributed by atoms with E-state index in [1.165, 1.54) is 0 Å². The van der Waals surface area contributed by atoms with E-state index in [1.54, 1.807) is 0 Å². The highest BCUT2D eigenvalue weighted by atomic mass is 19.4. The molecule has 0 aromatic heterocycles. The molecule has 0 heterocycles. The van der Waals surface area contributed by atoms with Gasteiger partial charge in [0.1, 0.15) is 6.61 Å². The van der Waals surface area contributed by atoms with Crippen molar-refractivity contribution in [3.8, 4) is 0 Å². The SMILES string of the molecule is COCC(F)(F)C(F)(F)C(F)(F)C(F)(F)C(F)(F)C(F)(F)C(F)(F)F.O=C(O)C(F)(F)C(F)(F)C(F)(F)C(F)(F)C(F)(F)C(F)(F)C(F)(F)F. The molecule has 0 radical (unpaired) electrons. The molecule has 1 N–H and O–H groups in total. The summed E-state index contributed by atoms with van der Waals surface area (Å²) >= 11 is 0. The van der Waals surface area contributed by atoms with Crippen LogP contribution in [0.15, 0.2) is 0 Å². The average molecular weight is 828 g/mol. The predicted octanol–water partition coefficient (Wildman–Crippen LogP) is 9.45. The minimum absolute atomic E-state index is 0.159. The average Bonchev–Trinajstić information content (AvgIpc) is 2.86. The van der Waals surface area contributed by atoms with Gasteiger partial charge >= 0.3 is 89.4 Å². The van der Waals surface area contributed by atoms with E-state index in [0.717, 1.165) is 0 Å². The molecule has 50 heavy (non-hydrogen) atoms. The molecule has 0 spiro atoms. The maximum absolute atomic E-state index is 13.0. The second-order valence-corrected chi connectivity index (χ2v) is 8.76. The summed E-state index contributed by atoms with van der Waals surface area (Å²) in [6, 6.07) is 0. The van der Waals surface area contributed by atoms with Crippen molar-refractivity contribution in [1.82, 2.24) is 0 Å². The summed E-state index contributed by atoms with van der Waals surface area (Å²) in [4.78, 5) is 9.72. The first-order valence-electron chi connectivity index (χ1n) is 10.4. The van der Waals surface area contributed by atoms with Crippen molar-refractivity contribution in [2.75, 3.05) is 13.7 Å². The second kappa shape index (κ2) is 12.8. The Morgan fingerprint density at radius 1 is 0.380 bits per heavy atom. The van der Waals surface area contributed by atoms with Crippen molar-refractivity contribution in [2.24, 2.45) is 0 Å². The molecule has 0 fully saturated rings. The third-order valence-corrected chi connectivity index (χ3v) is 5.31. The maximum Gasteiger partial charge on any atom is 0.460 e. The Balaban J connectivity index is 0. The highest BCUT2D eigenvalue weighted by Crippen LogP contribution is 2.64. The minimum atomic E-state index is -8.47. The van der Waals surface area contributed by atoms with Gasteiger partial charge in [-0.2, -0.15) is 132 Å². The summed E-state index contributed by atoms with van der Waals surface area (Å²) in [5.41, 5.74) is 0. The van der Waals surface area contributed by atoms with E-state index in [4.69, 9.17) is 5.11 Å². The van der Waals surface area contributed by atoms with Crippen LogP contribution in [-0.4, -0.2) is 108 Å². The summed E-state index contributed by atoms with van der Waals surface area (Å²) in [5, 5.41) is 7.57. The zero-order valence-electron chi connectivity index (χ0n) is 21.8. The summed E-state index contributed by atoms with van der Waals surface area (Å²) in [5.74, 6) is -99.1. The van der Waals surface area contributed by atoms with Crippen LogP contribution >= 0.6 is 0 Å². The lowest BCUT2D eigenvalue weighted by Gasteiger charge is -2.41. The molecule has 0 aliphatic heterocycles. The van der Waals surface area contributed by atoms with Crippen molar-refractivity contribution >= 4 is 5.97 Å². The molecule has 0 aromatic rings. The fraction of sp³-hybridized carbons (Fsp3) is 0.941. The molecule has 0 aromatic carbocycles. The van der Waals surface area contributed by atoms with Crippen LogP contribution in [0.2, 0.25) is 0 Å². The molecular weight excluding hydrogens is 822 g/mol. The van der Waals surface area contributed by atoms with Crippen LogP contribution in [0.5, 0.6) is 0 Å². The van der Waals surface area contributed by atoms with Crippen LogP contribution in [0.1, 0.15) is 0 Å². The number of rotatable bonds is 13. The summed E-state index contributed by atoms with van der Waals surface area (Å²) < 4.78 is 379. The third-order valence-electron chi connectivity index (χ3n) is 5.31. The predicted molar refractivity (Wildman–Crippen MR) is 91.0 cm³/mol. The van der Waals surface area contributed by atoms with Gasteiger partial charge in [-0.15, -0.1) is 0 Å². The Kier molecular flexibility index (Phi) is 12.6. The van der Waals surface area contributed by atoms with Gasteiger partial charge in [-0.05, 0) is 0 Å². The fourth-order valence-electron chi connectivity index (χ4n) is 2.37. The zero-order valence-corrected chi connectivity index (χ0v) is 21.8. The lowest BCUT2D eigenvalue weighted by atomic mass is 9.91. The number of carbonyl (C=O) groups is 1. The number of halogens is 30. The molecule has 0 saturated heterocycles. The Bertz CT molecular complexity index is 1190. The minimum Gasteiger partial charge on any atom is -0.477 e. The molecule has 0 rings (SSSR count). The molecule has 0 atom stereocenters. The number of methoxy groups -OCH3 is 1. The fourth-order valence-corrected chi connectivity index (χ4v) is 2.37. The number of aliphatic carboxylic acids is 1. The van der Waals surface area contributed by atoms with Crippen LogP contribution in [0.25, 0.3) is 0 Å². The third kappa shape index (κ3) is 6.70. The molecule has 0 aliphatic carbocycles. The number of ether oxygens (including phenoxy) is 1. The first-order chi connectivity index (χ1) is 21.0. The first kappa shape index (κ1) is 49.4. The molecule has 0 aliphatic rings. The van der Waals surface area contributed by atoms with Gasteiger partial charge in [0, 0.05) is 7.11 Å². The summed E-state index contributed by atoms with van der Waals surface area (Å²) in [6.07, 6.45) is -15.3. The number of hydrogen-bond acceptors (Lipinski definition) is 2. The van der Waals surface area contributed by atoms with Crippen LogP contribution < -0.4 is 0 Å². The number of hydrogen-bond donors (Lipinski definition) is 1. The van der Waals surface area contributed by atoms with Crippen LogP contribution in [0.3, 0.4) is 0 Å². The van der Waals surface area contributed by atoms with Crippen LogP contribution in [0, 0.1) is 0 Å². The number of carboxylic acids is 1. The van der Waals surface area contributed by atoms with Gasteiger partial charge in [0.05, 0.1) is 0 Å². The zero-order chi connectivity index (χ0) is 42.0. The number of carboxylic acid groups (broad SMARTS) is 1. The molecule has 302 valence electrons. The van der Waals surface area contributed by atoms with E-state index in [2.05, 4.69) is 4.74 Å². The smallest absolute Gasteiger partial charge is 0.460 e. The quantitative estimate of drug-likeness (QED) is 0.188. The standard InChI is InChI=1S/C9H5F15O.C8HF15O2/c1-25-2-3(10,11)4(12,13)5(14,15)6(16,17)7(18,19)8(20,21)9(22,23)24;9-2(10,1(24)25)3(11,12)4(13,14)5(15,16)6(17,18)7(19,20)8(21,22)23/h2H2,1H3;(H,24,25). The second-order valence-electron chi connectivity index (χ2n) is 8.76. The molecule has 0 amide bonds. The Morgan fingerprint density at radius 3 is 0.780 bits per heavy atom. The van der Waals surface area contributed by atoms with E-state index < -0.39 is 96.0 Å². The molecule has 3 nitrogen and oxygen atoms in total. The van der Waals surface area contributed by atoms with Gasteiger partial charge in [0.2, 0.25) is 0 Å². The Hall–Kier alpha value is -2.67. The highest BCUT2D eigenvalue weighted by Gasteiger charge is 2.95. The molecule has 0 saturated carbocycles. The van der Waals surface area contributed by atoms with Crippen LogP contribution in [-0.2, 0) is 9.53 Å². The summed E-state index contributed by atoms with van der Waals surface area (Å²) in [6.45, 7) is -2.77. The lowest BCUT2D eigenvalue weighted by molar-refractivity contribution is -0.453. The lowest BCUT2D eigenvalue weighted by Crippen LogP contribution is -2.73. The van der Waals surface area contributed by atoms with E-state index in [9.17, 15) is 137 Å². The first-order valence-corrected chi connectivity index (χ1v) is 10.4. The summed E-state index contributed by atoms with van der Waals surface area (Å²) in [7, 11) is 0.159.